The van der Waals surface area contributed by atoms with Crippen LogP contribution in [0, 0.1) is 5.92 Å². The minimum Gasteiger partial charge on any atom is -0.393 e. The average Bonchev–Trinajstić information content (AvgIpc) is 2.90. The first-order valence-corrected chi connectivity index (χ1v) is 7.76. The fourth-order valence-corrected chi connectivity index (χ4v) is 2.79. The van der Waals surface area contributed by atoms with Crippen molar-refractivity contribution in [2.24, 2.45) is 5.92 Å². The van der Waals surface area contributed by atoms with E-state index in [4.69, 9.17) is 0 Å². The molecule has 6 heteroatoms. The van der Waals surface area contributed by atoms with Crippen LogP contribution in [0.1, 0.15) is 24.8 Å². The first-order valence-electron chi connectivity index (χ1n) is 7.76. The number of aliphatic hydroxyl groups excluding tert-OH is 1. The highest BCUT2D eigenvalue weighted by molar-refractivity contribution is 5.73. The number of hydrogen-bond acceptors (Lipinski definition) is 4. The van der Waals surface area contributed by atoms with Crippen LogP contribution < -0.4 is 10.2 Å². The molecule has 1 aromatic rings. The van der Waals surface area contributed by atoms with Crippen LogP contribution in [0.3, 0.4) is 0 Å². The first-order chi connectivity index (χ1) is 10.5. The summed E-state index contributed by atoms with van der Waals surface area (Å²) in [6.07, 6.45) is 4.37. The number of pyridine rings is 1. The lowest BCUT2D eigenvalue weighted by atomic mass is 10.1. The molecule has 1 aliphatic carbocycles. The van der Waals surface area contributed by atoms with Crippen LogP contribution in [-0.4, -0.2) is 54.8 Å². The van der Waals surface area contributed by atoms with Gasteiger partial charge in [-0.2, -0.15) is 0 Å². The van der Waals surface area contributed by atoms with Crippen LogP contribution in [0.2, 0.25) is 0 Å². The van der Waals surface area contributed by atoms with Crippen molar-refractivity contribution in [3.63, 3.8) is 0 Å². The largest absolute Gasteiger partial charge is 0.393 e. The molecule has 1 heterocycles. The molecule has 22 heavy (non-hydrogen) atoms. The van der Waals surface area contributed by atoms with Crippen molar-refractivity contribution in [3.8, 4) is 0 Å². The molecule has 0 aromatic carbocycles. The first kappa shape index (κ1) is 16.5. The summed E-state index contributed by atoms with van der Waals surface area (Å²) in [4.78, 5) is 20.0. The van der Waals surface area contributed by atoms with Gasteiger partial charge in [-0.3, -0.25) is 0 Å². The fourth-order valence-electron chi connectivity index (χ4n) is 2.79. The Kier molecular flexibility index (Phi) is 5.60. The minimum absolute atomic E-state index is 0.109. The van der Waals surface area contributed by atoms with Crippen LogP contribution >= 0.6 is 0 Å². The highest BCUT2D eigenvalue weighted by Crippen LogP contribution is 2.25. The molecule has 1 fully saturated rings. The van der Waals surface area contributed by atoms with Gasteiger partial charge in [0.15, 0.2) is 0 Å². The topological polar surface area (TPSA) is 68.7 Å². The molecule has 0 spiro atoms. The van der Waals surface area contributed by atoms with Crippen molar-refractivity contribution in [1.29, 1.82) is 0 Å². The van der Waals surface area contributed by atoms with E-state index in [0.29, 0.717) is 13.1 Å². The van der Waals surface area contributed by atoms with Crippen LogP contribution in [0.25, 0.3) is 0 Å². The van der Waals surface area contributed by atoms with Gasteiger partial charge >= 0.3 is 6.03 Å². The molecule has 1 aliphatic rings. The number of urea groups is 1. The zero-order valence-electron chi connectivity index (χ0n) is 13.6. The minimum atomic E-state index is -0.266. The Morgan fingerprint density at radius 2 is 2.18 bits per heavy atom. The fraction of sp³-hybridized carbons (Fsp3) is 0.625. The van der Waals surface area contributed by atoms with Crippen molar-refractivity contribution in [3.05, 3.63) is 23.9 Å². The van der Waals surface area contributed by atoms with Gasteiger partial charge in [-0.25, -0.2) is 9.78 Å². The van der Waals surface area contributed by atoms with Crippen LogP contribution in [0.5, 0.6) is 0 Å². The van der Waals surface area contributed by atoms with E-state index in [9.17, 15) is 9.90 Å². The Balaban J connectivity index is 1.82. The summed E-state index contributed by atoms with van der Waals surface area (Å²) in [6, 6.07) is 3.75. The second kappa shape index (κ2) is 7.45. The van der Waals surface area contributed by atoms with Gasteiger partial charge in [0.25, 0.3) is 0 Å². The third kappa shape index (κ3) is 4.34. The summed E-state index contributed by atoms with van der Waals surface area (Å²) in [5, 5.41) is 12.8. The van der Waals surface area contributed by atoms with Crippen molar-refractivity contribution < 1.29 is 9.90 Å². The van der Waals surface area contributed by atoms with Gasteiger partial charge in [0.2, 0.25) is 0 Å². The summed E-state index contributed by atoms with van der Waals surface area (Å²) in [7, 11) is 5.65. The molecule has 2 unspecified atom stereocenters. The predicted octanol–water partition coefficient (Wildman–Crippen LogP) is 1.45. The normalized spacial score (nSPS) is 20.7. The van der Waals surface area contributed by atoms with E-state index >= 15 is 0 Å². The number of hydrogen-bond donors (Lipinski definition) is 2. The second-order valence-corrected chi connectivity index (χ2v) is 6.21. The molecular weight excluding hydrogens is 280 g/mol. The molecule has 0 radical (unpaired) electrons. The second-order valence-electron chi connectivity index (χ2n) is 6.21. The van der Waals surface area contributed by atoms with Crippen molar-refractivity contribution in [2.75, 3.05) is 32.6 Å². The molecule has 2 atom stereocenters. The van der Waals surface area contributed by atoms with Gasteiger partial charge in [-0.15, -0.1) is 0 Å². The van der Waals surface area contributed by atoms with E-state index in [1.54, 1.807) is 18.1 Å². The lowest BCUT2D eigenvalue weighted by molar-refractivity contribution is 0.114. The predicted molar refractivity (Wildman–Crippen MR) is 86.8 cm³/mol. The molecule has 1 aromatic heterocycles. The van der Waals surface area contributed by atoms with Crippen molar-refractivity contribution >= 4 is 11.8 Å². The number of amides is 2. The molecule has 1 saturated carbocycles. The SMILES string of the molecule is CN(CC1CCCC1O)C(=O)NCc1ccnc(N(C)C)c1. The summed E-state index contributed by atoms with van der Waals surface area (Å²) in [5.41, 5.74) is 1.02. The Labute approximate surface area is 132 Å². The van der Waals surface area contributed by atoms with Gasteiger partial charge in [0.1, 0.15) is 5.82 Å². The summed E-state index contributed by atoms with van der Waals surface area (Å²) < 4.78 is 0. The standard InChI is InChI=1S/C16H26N4O2/c1-19(2)15-9-12(7-8-17-15)10-18-16(22)20(3)11-13-5-4-6-14(13)21/h7-9,13-14,21H,4-6,10-11H2,1-3H3,(H,18,22). The van der Waals surface area contributed by atoms with E-state index < -0.39 is 0 Å². The number of nitrogens with one attached hydrogen (secondary N) is 1. The number of carbonyl (C=O) groups excluding carboxylic acids is 1. The maximum atomic E-state index is 12.1. The van der Waals surface area contributed by atoms with E-state index in [2.05, 4.69) is 10.3 Å². The van der Waals surface area contributed by atoms with Crippen LogP contribution in [0.15, 0.2) is 18.3 Å². The van der Waals surface area contributed by atoms with Crippen LogP contribution in [0.4, 0.5) is 10.6 Å². The van der Waals surface area contributed by atoms with Gasteiger partial charge in [-0.05, 0) is 30.5 Å². The van der Waals surface area contributed by atoms with Gasteiger partial charge in [0.05, 0.1) is 6.10 Å². The number of carbonyl (C=O) groups is 1. The molecule has 2 amide bonds. The van der Waals surface area contributed by atoms with E-state index in [-0.39, 0.29) is 18.1 Å². The molecule has 6 nitrogen and oxygen atoms in total. The summed E-state index contributed by atoms with van der Waals surface area (Å²) in [5.74, 6) is 1.08. The van der Waals surface area contributed by atoms with Gasteiger partial charge in [0, 0.05) is 46.3 Å². The molecule has 2 rings (SSSR count). The van der Waals surface area contributed by atoms with Gasteiger partial charge < -0.3 is 20.2 Å². The Bertz CT molecular complexity index is 507. The van der Waals surface area contributed by atoms with Crippen molar-refractivity contribution in [2.45, 2.75) is 31.9 Å². The van der Waals surface area contributed by atoms with Crippen molar-refractivity contribution in [1.82, 2.24) is 15.2 Å². The van der Waals surface area contributed by atoms with Gasteiger partial charge in [-0.1, -0.05) is 6.42 Å². The maximum Gasteiger partial charge on any atom is 0.317 e. The van der Waals surface area contributed by atoms with E-state index in [1.165, 1.54) is 0 Å². The molecule has 0 saturated heterocycles. The maximum absolute atomic E-state index is 12.1. The zero-order chi connectivity index (χ0) is 16.1. The third-order valence-electron chi connectivity index (χ3n) is 4.19. The number of nitrogens with zero attached hydrogens (tertiary/aromatic N) is 3. The van der Waals surface area contributed by atoms with Crippen LogP contribution in [-0.2, 0) is 6.54 Å². The average molecular weight is 306 g/mol. The zero-order valence-corrected chi connectivity index (χ0v) is 13.6. The van der Waals surface area contributed by atoms with E-state index in [1.807, 2.05) is 31.1 Å². The molecule has 2 N–H and O–H groups in total. The number of aliphatic hydroxyl groups is 1. The highest BCUT2D eigenvalue weighted by atomic mass is 16.3. The lowest BCUT2D eigenvalue weighted by Gasteiger charge is -2.23. The lowest BCUT2D eigenvalue weighted by Crippen LogP contribution is -2.40. The van der Waals surface area contributed by atoms with E-state index in [0.717, 1.165) is 30.6 Å². The highest BCUT2D eigenvalue weighted by Gasteiger charge is 2.27. The smallest absolute Gasteiger partial charge is 0.317 e. The Hall–Kier alpha value is -1.82. The summed E-state index contributed by atoms with van der Waals surface area (Å²) in [6.45, 7) is 1.08. The third-order valence-corrected chi connectivity index (χ3v) is 4.19. The molecule has 0 aliphatic heterocycles. The number of anilines is 1. The number of rotatable bonds is 5. The Morgan fingerprint density at radius 3 is 2.82 bits per heavy atom. The molecule has 0 bridgehead atoms. The number of aromatic nitrogens is 1. The quantitative estimate of drug-likeness (QED) is 0.864. The molecule has 122 valence electrons. The Morgan fingerprint density at radius 1 is 1.41 bits per heavy atom. The monoisotopic (exact) mass is 306 g/mol. The molecular formula is C16H26N4O2. The summed E-state index contributed by atoms with van der Waals surface area (Å²) >= 11 is 0.